The lowest BCUT2D eigenvalue weighted by Gasteiger charge is -2.38. The average Bonchev–Trinajstić information content (AvgIpc) is 3.16. The van der Waals surface area contributed by atoms with Gasteiger partial charge in [0.05, 0.1) is 11.4 Å². The van der Waals surface area contributed by atoms with Crippen LogP contribution in [-0.2, 0) is 20.4 Å². The molecule has 1 atom stereocenters. The van der Waals surface area contributed by atoms with Gasteiger partial charge in [-0.25, -0.2) is 13.4 Å². The van der Waals surface area contributed by atoms with Crippen LogP contribution in [0.1, 0.15) is 69.4 Å². The fourth-order valence-electron chi connectivity index (χ4n) is 4.63. The molecule has 1 aliphatic rings. The van der Waals surface area contributed by atoms with Crippen molar-refractivity contribution in [1.29, 1.82) is 0 Å². The standard InChI is InChI=1S/C26H39N3O4S/c1-5-20(3)29(23-9-7-6-8-10-23)16-15-27-25(30)18-34(31,32)17-24-21(4)33-26(28-24)22-13-11-19(2)12-14-22/h11-14,20,23H,5-10,15-18H2,1-4H3,(H,27,30). The Labute approximate surface area is 204 Å². The Morgan fingerprint density at radius 2 is 1.85 bits per heavy atom. The van der Waals surface area contributed by atoms with Gasteiger partial charge in [-0.3, -0.25) is 9.69 Å². The van der Waals surface area contributed by atoms with Crippen LogP contribution in [0, 0.1) is 13.8 Å². The molecule has 0 spiro atoms. The molecule has 0 aliphatic heterocycles. The number of carbonyl (C=O) groups excluding carboxylic acids is 1. The van der Waals surface area contributed by atoms with E-state index in [0.29, 0.717) is 36.0 Å². The summed E-state index contributed by atoms with van der Waals surface area (Å²) >= 11 is 0. The molecule has 1 amide bonds. The number of amides is 1. The molecule has 0 radical (unpaired) electrons. The van der Waals surface area contributed by atoms with Gasteiger partial charge in [-0.05, 0) is 52.2 Å². The van der Waals surface area contributed by atoms with Crippen LogP contribution in [0.4, 0.5) is 0 Å². The largest absolute Gasteiger partial charge is 0.441 e. The van der Waals surface area contributed by atoms with Crippen LogP contribution in [0.5, 0.6) is 0 Å². The van der Waals surface area contributed by atoms with Crippen LogP contribution in [0.25, 0.3) is 11.5 Å². The summed E-state index contributed by atoms with van der Waals surface area (Å²) in [6.07, 6.45) is 7.28. The number of benzene rings is 1. The van der Waals surface area contributed by atoms with Crippen LogP contribution in [0.2, 0.25) is 0 Å². The molecular weight excluding hydrogens is 450 g/mol. The molecule has 1 saturated carbocycles. The number of aryl methyl sites for hydroxylation is 2. The number of oxazole rings is 1. The first-order valence-electron chi connectivity index (χ1n) is 12.4. The van der Waals surface area contributed by atoms with Crippen molar-refractivity contribution in [3.8, 4) is 11.5 Å². The Hall–Kier alpha value is -2.19. The van der Waals surface area contributed by atoms with E-state index in [1.54, 1.807) is 6.92 Å². The molecule has 1 aliphatic carbocycles. The van der Waals surface area contributed by atoms with Crippen molar-refractivity contribution >= 4 is 15.7 Å². The number of nitrogens with zero attached hydrogens (tertiary/aromatic N) is 2. The second-order valence-corrected chi connectivity index (χ2v) is 11.6. The Kier molecular flexibility index (Phi) is 9.31. The number of carbonyl (C=O) groups is 1. The molecule has 0 bridgehead atoms. The van der Waals surface area contributed by atoms with E-state index >= 15 is 0 Å². The van der Waals surface area contributed by atoms with Gasteiger partial charge in [-0.15, -0.1) is 0 Å². The minimum Gasteiger partial charge on any atom is -0.441 e. The minimum atomic E-state index is -3.67. The van der Waals surface area contributed by atoms with Crippen molar-refractivity contribution in [2.45, 2.75) is 84.1 Å². The number of hydrogen-bond acceptors (Lipinski definition) is 6. The summed E-state index contributed by atoms with van der Waals surface area (Å²) in [5.74, 6) is -0.488. The third-order valence-electron chi connectivity index (χ3n) is 6.79. The van der Waals surface area contributed by atoms with Crippen molar-refractivity contribution in [2.24, 2.45) is 0 Å². The van der Waals surface area contributed by atoms with E-state index in [-0.39, 0.29) is 5.75 Å². The van der Waals surface area contributed by atoms with Gasteiger partial charge < -0.3 is 9.73 Å². The number of hydrogen-bond donors (Lipinski definition) is 1. The average molecular weight is 490 g/mol. The van der Waals surface area contributed by atoms with E-state index in [1.165, 1.54) is 32.1 Å². The molecule has 2 aromatic rings. The van der Waals surface area contributed by atoms with Gasteiger partial charge in [-0.2, -0.15) is 0 Å². The lowest BCUT2D eigenvalue weighted by atomic mass is 9.93. The van der Waals surface area contributed by atoms with Crippen molar-refractivity contribution in [2.75, 3.05) is 18.8 Å². The van der Waals surface area contributed by atoms with Crippen molar-refractivity contribution in [3.05, 3.63) is 41.3 Å². The molecule has 34 heavy (non-hydrogen) atoms. The first-order chi connectivity index (χ1) is 16.2. The fourth-order valence-corrected chi connectivity index (χ4v) is 5.91. The highest BCUT2D eigenvalue weighted by molar-refractivity contribution is 7.91. The van der Waals surface area contributed by atoms with Gasteiger partial charge in [0.15, 0.2) is 9.84 Å². The molecule has 8 heteroatoms. The normalized spacial score (nSPS) is 16.0. The number of sulfone groups is 1. The SMILES string of the molecule is CCC(C)N(CCNC(=O)CS(=O)(=O)Cc1nc(-c2ccc(C)cc2)oc1C)C1CCCCC1. The van der Waals surface area contributed by atoms with Gasteiger partial charge >= 0.3 is 0 Å². The predicted molar refractivity (Wildman–Crippen MR) is 135 cm³/mol. The maximum absolute atomic E-state index is 12.7. The van der Waals surface area contributed by atoms with Gasteiger partial charge in [0.2, 0.25) is 11.8 Å². The van der Waals surface area contributed by atoms with Crippen molar-refractivity contribution in [3.63, 3.8) is 0 Å². The van der Waals surface area contributed by atoms with Crippen molar-refractivity contribution < 1.29 is 17.6 Å². The number of nitrogens with one attached hydrogen (secondary N) is 1. The van der Waals surface area contributed by atoms with Gasteiger partial charge in [0, 0.05) is 30.7 Å². The zero-order valence-electron chi connectivity index (χ0n) is 21.0. The molecule has 188 valence electrons. The van der Waals surface area contributed by atoms with E-state index in [1.807, 2.05) is 31.2 Å². The third-order valence-corrected chi connectivity index (χ3v) is 8.21. The molecule has 1 unspecified atom stereocenters. The summed E-state index contributed by atoms with van der Waals surface area (Å²) in [4.78, 5) is 19.3. The first kappa shape index (κ1) is 26.4. The highest BCUT2D eigenvalue weighted by Crippen LogP contribution is 2.25. The second kappa shape index (κ2) is 12.0. The van der Waals surface area contributed by atoms with Crippen LogP contribution in [-0.4, -0.2) is 55.1 Å². The van der Waals surface area contributed by atoms with E-state index in [4.69, 9.17) is 4.42 Å². The molecular formula is C26H39N3O4S. The molecule has 3 rings (SSSR count). The maximum atomic E-state index is 12.7. The number of aromatic nitrogens is 1. The molecule has 1 N–H and O–H groups in total. The van der Waals surface area contributed by atoms with Crippen molar-refractivity contribution in [1.82, 2.24) is 15.2 Å². The Balaban J connectivity index is 1.53. The summed E-state index contributed by atoms with van der Waals surface area (Å²) in [7, 11) is -3.67. The maximum Gasteiger partial charge on any atom is 0.235 e. The Morgan fingerprint density at radius 1 is 1.18 bits per heavy atom. The second-order valence-electron chi connectivity index (χ2n) is 9.56. The van der Waals surface area contributed by atoms with E-state index < -0.39 is 21.5 Å². The molecule has 1 heterocycles. The summed E-state index contributed by atoms with van der Waals surface area (Å²) in [5, 5.41) is 2.82. The van der Waals surface area contributed by atoms with E-state index in [0.717, 1.165) is 24.1 Å². The van der Waals surface area contributed by atoms with Crippen LogP contribution in [0.15, 0.2) is 28.7 Å². The minimum absolute atomic E-state index is 0.317. The summed E-state index contributed by atoms with van der Waals surface area (Å²) in [5.41, 5.74) is 2.26. The molecule has 1 aromatic carbocycles. The van der Waals surface area contributed by atoms with Crippen LogP contribution in [0.3, 0.4) is 0 Å². The smallest absolute Gasteiger partial charge is 0.235 e. The fraction of sp³-hybridized carbons (Fsp3) is 0.615. The van der Waals surface area contributed by atoms with E-state index in [9.17, 15) is 13.2 Å². The van der Waals surface area contributed by atoms with Gasteiger partial charge in [-0.1, -0.05) is 43.9 Å². The lowest BCUT2D eigenvalue weighted by Crippen LogP contribution is -2.47. The summed E-state index contributed by atoms with van der Waals surface area (Å²) in [6, 6.07) is 8.69. The first-order valence-corrected chi connectivity index (χ1v) is 14.3. The quantitative estimate of drug-likeness (QED) is 0.502. The predicted octanol–water partition coefficient (Wildman–Crippen LogP) is 4.42. The lowest BCUT2D eigenvalue weighted by molar-refractivity contribution is -0.118. The third kappa shape index (κ3) is 7.40. The molecule has 1 fully saturated rings. The molecule has 7 nitrogen and oxygen atoms in total. The summed E-state index contributed by atoms with van der Waals surface area (Å²) in [6.45, 7) is 9.30. The van der Waals surface area contributed by atoms with Gasteiger partial charge in [0.1, 0.15) is 11.5 Å². The monoisotopic (exact) mass is 489 g/mol. The molecule has 1 aromatic heterocycles. The van der Waals surface area contributed by atoms with Crippen LogP contribution < -0.4 is 5.32 Å². The van der Waals surface area contributed by atoms with Crippen LogP contribution >= 0.6 is 0 Å². The summed E-state index contributed by atoms with van der Waals surface area (Å²) < 4.78 is 31.1. The molecule has 0 saturated heterocycles. The van der Waals surface area contributed by atoms with Gasteiger partial charge in [0.25, 0.3) is 0 Å². The highest BCUT2D eigenvalue weighted by atomic mass is 32.2. The number of rotatable bonds is 11. The Morgan fingerprint density at radius 3 is 2.50 bits per heavy atom. The zero-order valence-corrected chi connectivity index (χ0v) is 21.8. The Bertz CT molecular complexity index is 1040. The zero-order chi connectivity index (χ0) is 24.7. The van der Waals surface area contributed by atoms with E-state index in [2.05, 4.69) is 29.0 Å². The topological polar surface area (TPSA) is 92.5 Å². The highest BCUT2D eigenvalue weighted by Gasteiger charge is 2.25.